The van der Waals surface area contributed by atoms with Crippen LogP contribution in [0.2, 0.25) is 0 Å². The molecule has 0 rings (SSSR count). The number of hydrogen-bond acceptors (Lipinski definition) is 3. The molecular weight excluding hydrogens is 166 g/mol. The zero-order valence-corrected chi connectivity index (χ0v) is 8.76. The van der Waals surface area contributed by atoms with Gasteiger partial charge in [-0.05, 0) is 34.1 Å². The summed E-state index contributed by atoms with van der Waals surface area (Å²) in [6.45, 7) is 7.29. The highest BCUT2D eigenvalue weighted by Gasteiger charge is 2.16. The van der Waals surface area contributed by atoms with Crippen molar-refractivity contribution in [3.05, 3.63) is 0 Å². The molecule has 0 aliphatic carbocycles. The Morgan fingerprint density at radius 3 is 2.46 bits per heavy atom. The van der Waals surface area contributed by atoms with Crippen LogP contribution < -0.4 is 0 Å². The number of rotatable bonds is 3. The molecule has 0 fully saturated rings. The molecule has 0 aromatic carbocycles. The molecule has 0 saturated carbocycles. The highest BCUT2D eigenvalue weighted by molar-refractivity contribution is 5.69. The third kappa shape index (κ3) is 7.32. The maximum atomic E-state index is 11.1. The van der Waals surface area contributed by atoms with Crippen LogP contribution in [0.3, 0.4) is 0 Å². The van der Waals surface area contributed by atoms with Gasteiger partial charge in [0.25, 0.3) is 0 Å². The standard InChI is InChI=1S/C10H17NO2/c1-8(7-11)5-6-9(12)13-10(2,3)4/h8H,5-6H2,1-4H3. The van der Waals surface area contributed by atoms with Crippen molar-refractivity contribution in [2.24, 2.45) is 5.92 Å². The summed E-state index contributed by atoms with van der Waals surface area (Å²) >= 11 is 0. The molecule has 0 aliphatic rings. The molecule has 0 saturated heterocycles. The van der Waals surface area contributed by atoms with Crippen molar-refractivity contribution in [3.8, 4) is 6.07 Å². The Morgan fingerprint density at radius 1 is 1.54 bits per heavy atom. The summed E-state index contributed by atoms with van der Waals surface area (Å²) < 4.78 is 5.08. The van der Waals surface area contributed by atoms with E-state index in [2.05, 4.69) is 6.07 Å². The molecule has 0 bridgehead atoms. The molecule has 74 valence electrons. The number of ether oxygens (including phenoxy) is 1. The van der Waals surface area contributed by atoms with Crippen LogP contribution in [0, 0.1) is 17.2 Å². The quantitative estimate of drug-likeness (QED) is 0.630. The van der Waals surface area contributed by atoms with Crippen LogP contribution in [-0.4, -0.2) is 11.6 Å². The number of nitriles is 1. The molecule has 0 amide bonds. The normalized spacial score (nSPS) is 13.2. The Bertz CT molecular complexity index is 210. The average Bonchev–Trinajstić information content (AvgIpc) is 1.97. The van der Waals surface area contributed by atoms with Crippen molar-refractivity contribution < 1.29 is 9.53 Å². The van der Waals surface area contributed by atoms with E-state index >= 15 is 0 Å². The van der Waals surface area contributed by atoms with E-state index in [9.17, 15) is 4.79 Å². The smallest absolute Gasteiger partial charge is 0.306 e. The highest BCUT2D eigenvalue weighted by Crippen LogP contribution is 2.11. The van der Waals surface area contributed by atoms with Gasteiger partial charge in [-0.3, -0.25) is 4.79 Å². The van der Waals surface area contributed by atoms with Gasteiger partial charge in [0.2, 0.25) is 0 Å². The van der Waals surface area contributed by atoms with E-state index in [0.717, 1.165) is 0 Å². The third-order valence-corrected chi connectivity index (χ3v) is 1.42. The average molecular weight is 183 g/mol. The predicted molar refractivity (Wildman–Crippen MR) is 49.9 cm³/mol. The second-order valence-corrected chi connectivity index (χ2v) is 4.16. The number of nitrogens with zero attached hydrogens (tertiary/aromatic N) is 1. The van der Waals surface area contributed by atoms with Gasteiger partial charge in [-0.1, -0.05) is 0 Å². The zero-order valence-electron chi connectivity index (χ0n) is 8.76. The van der Waals surface area contributed by atoms with E-state index in [4.69, 9.17) is 10.00 Å². The second kappa shape index (κ2) is 4.86. The Morgan fingerprint density at radius 2 is 2.08 bits per heavy atom. The Balaban J connectivity index is 3.72. The van der Waals surface area contributed by atoms with Crippen LogP contribution in [0.5, 0.6) is 0 Å². The van der Waals surface area contributed by atoms with Crippen molar-refractivity contribution in [2.45, 2.75) is 46.1 Å². The van der Waals surface area contributed by atoms with Crippen LogP contribution in [0.4, 0.5) is 0 Å². The topological polar surface area (TPSA) is 50.1 Å². The van der Waals surface area contributed by atoms with Gasteiger partial charge in [0.1, 0.15) is 5.60 Å². The van der Waals surface area contributed by atoms with Crippen LogP contribution >= 0.6 is 0 Å². The fourth-order valence-electron chi connectivity index (χ4n) is 0.791. The highest BCUT2D eigenvalue weighted by atomic mass is 16.6. The van der Waals surface area contributed by atoms with Gasteiger partial charge in [0, 0.05) is 12.3 Å². The van der Waals surface area contributed by atoms with E-state index in [1.165, 1.54) is 0 Å². The summed E-state index contributed by atoms with van der Waals surface area (Å²) in [6.07, 6.45) is 0.900. The van der Waals surface area contributed by atoms with E-state index in [1.54, 1.807) is 6.92 Å². The Kier molecular flexibility index (Phi) is 4.47. The van der Waals surface area contributed by atoms with Gasteiger partial charge in [-0.25, -0.2) is 0 Å². The van der Waals surface area contributed by atoms with Crippen molar-refractivity contribution in [3.63, 3.8) is 0 Å². The zero-order chi connectivity index (χ0) is 10.5. The van der Waals surface area contributed by atoms with Gasteiger partial charge in [0.15, 0.2) is 0 Å². The largest absolute Gasteiger partial charge is 0.460 e. The van der Waals surface area contributed by atoms with E-state index in [1.807, 2.05) is 20.8 Å². The summed E-state index contributed by atoms with van der Waals surface area (Å²) in [6, 6.07) is 2.08. The van der Waals surface area contributed by atoms with Crippen LogP contribution in [-0.2, 0) is 9.53 Å². The molecule has 0 aromatic heterocycles. The molecule has 0 aromatic rings. The molecular formula is C10H17NO2. The Hall–Kier alpha value is -1.04. The van der Waals surface area contributed by atoms with Crippen LogP contribution in [0.25, 0.3) is 0 Å². The number of esters is 1. The van der Waals surface area contributed by atoms with Gasteiger partial charge >= 0.3 is 5.97 Å². The van der Waals surface area contributed by atoms with Gasteiger partial charge in [-0.15, -0.1) is 0 Å². The van der Waals surface area contributed by atoms with Crippen molar-refractivity contribution >= 4 is 5.97 Å². The van der Waals surface area contributed by atoms with E-state index in [-0.39, 0.29) is 11.9 Å². The molecule has 0 heterocycles. The first kappa shape index (κ1) is 12.0. The van der Waals surface area contributed by atoms with Gasteiger partial charge in [0.05, 0.1) is 6.07 Å². The second-order valence-electron chi connectivity index (χ2n) is 4.16. The molecule has 3 heteroatoms. The first-order chi connectivity index (χ1) is 5.85. The minimum atomic E-state index is -0.424. The first-order valence-electron chi connectivity index (χ1n) is 4.46. The van der Waals surface area contributed by atoms with Crippen LogP contribution in [0.1, 0.15) is 40.5 Å². The lowest BCUT2D eigenvalue weighted by Crippen LogP contribution is -2.23. The monoisotopic (exact) mass is 183 g/mol. The van der Waals surface area contributed by atoms with Crippen molar-refractivity contribution in [1.29, 1.82) is 5.26 Å². The fraction of sp³-hybridized carbons (Fsp3) is 0.800. The summed E-state index contributed by atoms with van der Waals surface area (Å²) in [5.74, 6) is -0.304. The molecule has 0 aliphatic heterocycles. The lowest BCUT2D eigenvalue weighted by Gasteiger charge is -2.19. The number of carbonyl (C=O) groups excluding carboxylic acids is 1. The first-order valence-corrected chi connectivity index (χ1v) is 4.46. The van der Waals surface area contributed by atoms with Crippen molar-refractivity contribution in [1.82, 2.24) is 0 Å². The predicted octanol–water partition coefficient (Wildman–Crippen LogP) is 2.27. The van der Waals surface area contributed by atoms with Crippen molar-refractivity contribution in [2.75, 3.05) is 0 Å². The SMILES string of the molecule is CC(C#N)CCC(=O)OC(C)(C)C. The number of hydrogen-bond donors (Lipinski definition) is 0. The maximum Gasteiger partial charge on any atom is 0.306 e. The lowest BCUT2D eigenvalue weighted by molar-refractivity contribution is -0.155. The van der Waals surface area contributed by atoms with Gasteiger partial charge in [-0.2, -0.15) is 5.26 Å². The summed E-state index contributed by atoms with van der Waals surface area (Å²) in [4.78, 5) is 11.1. The minimum Gasteiger partial charge on any atom is -0.460 e. The molecule has 0 N–H and O–H groups in total. The van der Waals surface area contributed by atoms with E-state index < -0.39 is 5.60 Å². The maximum absolute atomic E-state index is 11.1. The molecule has 0 radical (unpaired) electrons. The molecule has 13 heavy (non-hydrogen) atoms. The number of carbonyl (C=O) groups is 1. The fourth-order valence-corrected chi connectivity index (χ4v) is 0.791. The summed E-state index contributed by atoms with van der Waals surface area (Å²) in [5.41, 5.74) is -0.424. The van der Waals surface area contributed by atoms with Crippen LogP contribution in [0.15, 0.2) is 0 Å². The molecule has 1 unspecified atom stereocenters. The lowest BCUT2D eigenvalue weighted by atomic mass is 10.1. The van der Waals surface area contributed by atoms with Gasteiger partial charge < -0.3 is 4.74 Å². The molecule has 1 atom stereocenters. The minimum absolute atomic E-state index is 0.0764. The molecule has 3 nitrogen and oxygen atoms in total. The summed E-state index contributed by atoms with van der Waals surface area (Å²) in [5, 5.41) is 8.48. The summed E-state index contributed by atoms with van der Waals surface area (Å²) in [7, 11) is 0. The van der Waals surface area contributed by atoms with E-state index in [0.29, 0.717) is 12.8 Å². The third-order valence-electron chi connectivity index (χ3n) is 1.42. The molecule has 0 spiro atoms. The Labute approximate surface area is 79.7 Å².